The number of para-hydroxylation sites is 1. The normalized spacial score (nSPS) is 14.7. The first-order valence-electron chi connectivity index (χ1n) is 7.80. The number of urea groups is 1. The molecule has 3 rings (SSSR count). The van der Waals surface area contributed by atoms with E-state index in [0.717, 1.165) is 29.4 Å². The number of amides is 2. The quantitative estimate of drug-likeness (QED) is 0.937. The van der Waals surface area contributed by atoms with E-state index >= 15 is 0 Å². The van der Waals surface area contributed by atoms with Gasteiger partial charge < -0.3 is 15.1 Å². The lowest BCUT2D eigenvalue weighted by molar-refractivity contribution is 0.194. The number of carbonyl (C=O) groups excluding carboxylic acids is 1. The van der Waals surface area contributed by atoms with E-state index in [4.69, 9.17) is 11.6 Å². The van der Waals surface area contributed by atoms with Gasteiger partial charge in [-0.05, 0) is 17.7 Å². The molecule has 1 fully saturated rings. The summed E-state index contributed by atoms with van der Waals surface area (Å²) in [5.74, 6) is 0. The lowest BCUT2D eigenvalue weighted by Crippen LogP contribution is -2.51. The van der Waals surface area contributed by atoms with Crippen molar-refractivity contribution >= 4 is 23.3 Å². The number of piperazine rings is 1. The largest absolute Gasteiger partial charge is 0.367 e. The van der Waals surface area contributed by atoms with Crippen molar-refractivity contribution in [3.63, 3.8) is 0 Å². The molecule has 0 aromatic heterocycles. The van der Waals surface area contributed by atoms with E-state index in [2.05, 4.69) is 10.2 Å². The third-order valence-corrected chi connectivity index (χ3v) is 4.37. The maximum Gasteiger partial charge on any atom is 0.317 e. The molecule has 1 aliphatic heterocycles. The fourth-order valence-corrected chi connectivity index (χ4v) is 3.00. The van der Waals surface area contributed by atoms with Crippen LogP contribution in [0.2, 0.25) is 5.02 Å². The lowest BCUT2D eigenvalue weighted by atomic mass is 10.2. The minimum Gasteiger partial charge on any atom is -0.367 e. The SMILES string of the molecule is O=C(NCc1ccccc1)N1CCN(c2ccccc2Cl)CC1. The number of rotatable bonds is 3. The van der Waals surface area contributed by atoms with Gasteiger partial charge in [0.15, 0.2) is 0 Å². The van der Waals surface area contributed by atoms with E-state index in [1.165, 1.54) is 0 Å². The zero-order chi connectivity index (χ0) is 16.1. The summed E-state index contributed by atoms with van der Waals surface area (Å²) in [7, 11) is 0. The second kappa shape index (κ2) is 7.38. The Morgan fingerprint density at radius 1 is 0.957 bits per heavy atom. The number of benzene rings is 2. The highest BCUT2D eigenvalue weighted by molar-refractivity contribution is 6.33. The van der Waals surface area contributed by atoms with Crippen LogP contribution in [0.25, 0.3) is 0 Å². The summed E-state index contributed by atoms with van der Waals surface area (Å²) >= 11 is 6.24. The third-order valence-electron chi connectivity index (χ3n) is 4.05. The third kappa shape index (κ3) is 3.96. The number of hydrogen-bond acceptors (Lipinski definition) is 2. The Morgan fingerprint density at radius 3 is 2.30 bits per heavy atom. The van der Waals surface area contributed by atoms with Gasteiger partial charge in [-0.15, -0.1) is 0 Å². The number of carbonyl (C=O) groups is 1. The number of halogens is 1. The molecule has 1 heterocycles. The Labute approximate surface area is 141 Å². The van der Waals surface area contributed by atoms with Crippen molar-refractivity contribution in [1.82, 2.24) is 10.2 Å². The lowest BCUT2D eigenvalue weighted by Gasteiger charge is -2.36. The molecule has 2 amide bonds. The first kappa shape index (κ1) is 15.7. The molecule has 23 heavy (non-hydrogen) atoms. The van der Waals surface area contributed by atoms with Gasteiger partial charge in [0.25, 0.3) is 0 Å². The zero-order valence-electron chi connectivity index (χ0n) is 12.9. The van der Waals surface area contributed by atoms with E-state index in [1.54, 1.807) is 0 Å². The summed E-state index contributed by atoms with van der Waals surface area (Å²) in [5, 5.41) is 3.74. The van der Waals surface area contributed by atoms with Crippen LogP contribution in [0.4, 0.5) is 10.5 Å². The van der Waals surface area contributed by atoms with Crippen LogP contribution in [0.3, 0.4) is 0 Å². The molecule has 4 nitrogen and oxygen atoms in total. The zero-order valence-corrected chi connectivity index (χ0v) is 13.7. The molecule has 2 aromatic rings. The molecule has 120 valence electrons. The van der Waals surface area contributed by atoms with Crippen molar-refractivity contribution in [2.24, 2.45) is 0 Å². The van der Waals surface area contributed by atoms with Crippen LogP contribution in [0.5, 0.6) is 0 Å². The Hall–Kier alpha value is -2.20. The molecule has 0 saturated carbocycles. The summed E-state index contributed by atoms with van der Waals surface area (Å²) in [6.07, 6.45) is 0. The second-order valence-electron chi connectivity index (χ2n) is 5.57. The maximum absolute atomic E-state index is 12.3. The molecule has 1 saturated heterocycles. The van der Waals surface area contributed by atoms with Gasteiger partial charge >= 0.3 is 6.03 Å². The fourth-order valence-electron chi connectivity index (χ4n) is 2.74. The summed E-state index contributed by atoms with van der Waals surface area (Å²) in [5.41, 5.74) is 2.15. The van der Waals surface area contributed by atoms with Crippen LogP contribution in [0.1, 0.15) is 5.56 Å². The summed E-state index contributed by atoms with van der Waals surface area (Å²) in [6.45, 7) is 3.55. The number of anilines is 1. The van der Waals surface area contributed by atoms with E-state index in [9.17, 15) is 4.79 Å². The summed E-state index contributed by atoms with van der Waals surface area (Å²) in [6, 6.07) is 17.8. The van der Waals surface area contributed by atoms with Crippen LogP contribution in [0.15, 0.2) is 54.6 Å². The number of nitrogens with one attached hydrogen (secondary N) is 1. The molecule has 0 aliphatic carbocycles. The van der Waals surface area contributed by atoms with Crippen molar-refractivity contribution in [3.05, 3.63) is 65.2 Å². The van der Waals surface area contributed by atoms with Gasteiger partial charge in [0.2, 0.25) is 0 Å². The average molecular weight is 330 g/mol. The molecular weight excluding hydrogens is 310 g/mol. The Balaban J connectivity index is 1.50. The summed E-state index contributed by atoms with van der Waals surface area (Å²) in [4.78, 5) is 16.3. The number of hydrogen-bond donors (Lipinski definition) is 1. The van der Waals surface area contributed by atoms with Crippen molar-refractivity contribution in [3.8, 4) is 0 Å². The van der Waals surface area contributed by atoms with Gasteiger partial charge in [-0.1, -0.05) is 54.1 Å². The van der Waals surface area contributed by atoms with Crippen molar-refractivity contribution in [2.75, 3.05) is 31.1 Å². The molecule has 5 heteroatoms. The average Bonchev–Trinajstić information content (AvgIpc) is 2.61. The second-order valence-corrected chi connectivity index (χ2v) is 5.98. The Morgan fingerprint density at radius 2 is 1.61 bits per heavy atom. The predicted octanol–water partition coefficient (Wildman–Crippen LogP) is 3.37. The molecule has 0 bridgehead atoms. The van der Waals surface area contributed by atoms with E-state index in [0.29, 0.717) is 19.6 Å². The predicted molar refractivity (Wildman–Crippen MR) is 93.9 cm³/mol. The molecule has 0 spiro atoms. The van der Waals surface area contributed by atoms with Gasteiger partial charge in [0.05, 0.1) is 10.7 Å². The smallest absolute Gasteiger partial charge is 0.317 e. The van der Waals surface area contributed by atoms with Gasteiger partial charge in [-0.25, -0.2) is 4.79 Å². The van der Waals surface area contributed by atoms with Crippen LogP contribution in [-0.2, 0) is 6.54 Å². The van der Waals surface area contributed by atoms with Crippen molar-refractivity contribution in [1.29, 1.82) is 0 Å². The monoisotopic (exact) mass is 329 g/mol. The number of nitrogens with zero attached hydrogens (tertiary/aromatic N) is 2. The minimum atomic E-state index is -0.00679. The summed E-state index contributed by atoms with van der Waals surface area (Å²) < 4.78 is 0. The van der Waals surface area contributed by atoms with Gasteiger partial charge in [-0.2, -0.15) is 0 Å². The van der Waals surface area contributed by atoms with E-state index in [1.807, 2.05) is 59.5 Å². The minimum absolute atomic E-state index is 0.00679. The topological polar surface area (TPSA) is 35.6 Å². The van der Waals surface area contributed by atoms with E-state index < -0.39 is 0 Å². The van der Waals surface area contributed by atoms with Crippen LogP contribution < -0.4 is 10.2 Å². The molecule has 0 atom stereocenters. The van der Waals surface area contributed by atoms with E-state index in [-0.39, 0.29) is 6.03 Å². The van der Waals surface area contributed by atoms with Crippen LogP contribution in [0, 0.1) is 0 Å². The highest BCUT2D eigenvalue weighted by Gasteiger charge is 2.21. The highest BCUT2D eigenvalue weighted by Crippen LogP contribution is 2.25. The standard InChI is InChI=1S/C18H20ClN3O/c19-16-8-4-5-9-17(16)21-10-12-22(13-11-21)18(23)20-14-15-6-2-1-3-7-15/h1-9H,10-14H2,(H,20,23). The molecule has 0 unspecified atom stereocenters. The van der Waals surface area contributed by atoms with Crippen LogP contribution >= 0.6 is 11.6 Å². The van der Waals surface area contributed by atoms with Gasteiger partial charge in [0, 0.05) is 32.7 Å². The van der Waals surface area contributed by atoms with Crippen LogP contribution in [-0.4, -0.2) is 37.1 Å². The van der Waals surface area contributed by atoms with Gasteiger partial charge in [-0.3, -0.25) is 0 Å². The molecule has 1 N–H and O–H groups in total. The molecule has 2 aromatic carbocycles. The maximum atomic E-state index is 12.3. The molecule has 1 aliphatic rings. The van der Waals surface area contributed by atoms with Gasteiger partial charge in [0.1, 0.15) is 0 Å². The fraction of sp³-hybridized carbons (Fsp3) is 0.278. The first-order valence-corrected chi connectivity index (χ1v) is 8.18. The first-order chi connectivity index (χ1) is 11.2. The Bertz CT molecular complexity index is 654. The molecule has 0 radical (unpaired) electrons. The molecular formula is C18H20ClN3O. The Kier molecular flexibility index (Phi) is 5.03. The highest BCUT2D eigenvalue weighted by atomic mass is 35.5. The van der Waals surface area contributed by atoms with Crippen molar-refractivity contribution in [2.45, 2.75) is 6.54 Å². The van der Waals surface area contributed by atoms with Crippen molar-refractivity contribution < 1.29 is 4.79 Å².